The van der Waals surface area contributed by atoms with Gasteiger partial charge in [0.1, 0.15) is 5.58 Å². The Kier molecular flexibility index (Phi) is 3.90. The van der Waals surface area contributed by atoms with Gasteiger partial charge < -0.3 is 9.73 Å². The van der Waals surface area contributed by atoms with E-state index >= 15 is 0 Å². The van der Waals surface area contributed by atoms with Crippen LogP contribution in [-0.2, 0) is 6.54 Å². The third-order valence-corrected chi connectivity index (χ3v) is 4.12. The van der Waals surface area contributed by atoms with Crippen LogP contribution in [-0.4, -0.2) is 0 Å². The lowest BCUT2D eigenvalue weighted by molar-refractivity contribution is 0.559. The van der Waals surface area contributed by atoms with Crippen molar-refractivity contribution in [3.05, 3.63) is 74.6 Å². The normalized spacial score (nSPS) is 10.9. The highest BCUT2D eigenvalue weighted by Gasteiger charge is 2.08. The molecule has 0 saturated heterocycles. The molecule has 3 aromatic rings. The summed E-state index contributed by atoms with van der Waals surface area (Å²) in [5.74, 6) is 0. The van der Waals surface area contributed by atoms with Crippen LogP contribution in [0.4, 0.5) is 5.69 Å². The number of para-hydroxylation sites is 1. The number of hydrogen-bond acceptors (Lipinski definition) is 3. The Balaban J connectivity index is 2.01. The molecule has 0 unspecified atom stereocenters. The first-order chi connectivity index (χ1) is 10.5. The van der Waals surface area contributed by atoms with E-state index in [-0.39, 0.29) is 5.63 Å². The minimum absolute atomic E-state index is 0.341. The molecule has 0 aliphatic carbocycles. The van der Waals surface area contributed by atoms with Crippen LogP contribution >= 0.6 is 11.6 Å². The maximum absolute atomic E-state index is 11.8. The third kappa shape index (κ3) is 2.85. The SMILES string of the molecule is Cc1cc2oc(=O)cc(CNc3ccccc3Cl)c2cc1C. The van der Waals surface area contributed by atoms with Gasteiger partial charge >= 0.3 is 5.63 Å². The van der Waals surface area contributed by atoms with E-state index in [0.29, 0.717) is 17.2 Å². The van der Waals surface area contributed by atoms with Gasteiger partial charge in [0, 0.05) is 18.0 Å². The van der Waals surface area contributed by atoms with Gasteiger partial charge in [0.05, 0.1) is 10.7 Å². The van der Waals surface area contributed by atoms with E-state index in [1.165, 1.54) is 11.6 Å². The monoisotopic (exact) mass is 313 g/mol. The van der Waals surface area contributed by atoms with Gasteiger partial charge in [-0.05, 0) is 54.8 Å². The minimum Gasteiger partial charge on any atom is -0.423 e. The van der Waals surface area contributed by atoms with Gasteiger partial charge in [-0.1, -0.05) is 23.7 Å². The van der Waals surface area contributed by atoms with Crippen LogP contribution in [0.5, 0.6) is 0 Å². The Hall–Kier alpha value is -2.26. The van der Waals surface area contributed by atoms with Crippen molar-refractivity contribution in [2.24, 2.45) is 0 Å². The number of benzene rings is 2. The molecule has 0 spiro atoms. The predicted octanol–water partition coefficient (Wildman–Crippen LogP) is 4.68. The highest BCUT2D eigenvalue weighted by atomic mass is 35.5. The number of rotatable bonds is 3. The summed E-state index contributed by atoms with van der Waals surface area (Å²) in [6, 6.07) is 13.0. The highest BCUT2D eigenvalue weighted by molar-refractivity contribution is 6.33. The highest BCUT2D eigenvalue weighted by Crippen LogP contribution is 2.24. The number of fused-ring (bicyclic) bond motifs is 1. The molecule has 3 nitrogen and oxygen atoms in total. The fraction of sp³-hybridized carbons (Fsp3) is 0.167. The molecule has 0 saturated carbocycles. The molecule has 0 atom stereocenters. The van der Waals surface area contributed by atoms with Crippen LogP contribution in [0.25, 0.3) is 11.0 Å². The van der Waals surface area contributed by atoms with E-state index in [1.54, 1.807) is 0 Å². The van der Waals surface area contributed by atoms with Crippen LogP contribution in [0.2, 0.25) is 5.02 Å². The van der Waals surface area contributed by atoms with Crippen molar-refractivity contribution in [1.82, 2.24) is 0 Å². The maximum atomic E-state index is 11.8. The molecular formula is C18H16ClNO2. The second kappa shape index (κ2) is 5.85. The molecule has 1 N–H and O–H groups in total. The Morgan fingerprint density at radius 1 is 1.09 bits per heavy atom. The van der Waals surface area contributed by atoms with E-state index in [9.17, 15) is 4.79 Å². The van der Waals surface area contributed by atoms with E-state index in [0.717, 1.165) is 22.2 Å². The fourth-order valence-corrected chi connectivity index (χ4v) is 2.63. The second-order valence-corrected chi connectivity index (χ2v) is 5.76. The van der Waals surface area contributed by atoms with Crippen molar-refractivity contribution < 1.29 is 4.42 Å². The fourth-order valence-electron chi connectivity index (χ4n) is 2.42. The molecule has 1 aromatic heterocycles. The standard InChI is InChI=1S/C18H16ClNO2/c1-11-7-14-13(9-18(21)22-17(14)8-12(11)2)10-20-16-6-4-3-5-15(16)19/h3-9,20H,10H2,1-2H3. The number of anilines is 1. The summed E-state index contributed by atoms with van der Waals surface area (Å²) in [4.78, 5) is 11.8. The van der Waals surface area contributed by atoms with E-state index < -0.39 is 0 Å². The predicted molar refractivity (Wildman–Crippen MR) is 90.7 cm³/mol. The van der Waals surface area contributed by atoms with E-state index in [2.05, 4.69) is 11.4 Å². The zero-order valence-corrected chi connectivity index (χ0v) is 13.2. The van der Waals surface area contributed by atoms with Crippen molar-refractivity contribution in [1.29, 1.82) is 0 Å². The first-order valence-corrected chi connectivity index (χ1v) is 7.45. The van der Waals surface area contributed by atoms with Gasteiger partial charge in [-0.25, -0.2) is 4.79 Å². The number of halogens is 1. The van der Waals surface area contributed by atoms with Gasteiger partial charge in [-0.2, -0.15) is 0 Å². The lowest BCUT2D eigenvalue weighted by Gasteiger charge is -2.11. The largest absolute Gasteiger partial charge is 0.423 e. The molecule has 0 bridgehead atoms. The second-order valence-electron chi connectivity index (χ2n) is 5.36. The van der Waals surface area contributed by atoms with Crippen molar-refractivity contribution >= 4 is 28.3 Å². The van der Waals surface area contributed by atoms with Gasteiger partial charge in [0.15, 0.2) is 0 Å². The zero-order chi connectivity index (χ0) is 15.7. The van der Waals surface area contributed by atoms with E-state index in [1.807, 2.05) is 44.2 Å². The maximum Gasteiger partial charge on any atom is 0.336 e. The summed E-state index contributed by atoms with van der Waals surface area (Å²) in [5.41, 5.74) is 4.29. The average molecular weight is 314 g/mol. The topological polar surface area (TPSA) is 42.2 Å². The molecule has 0 amide bonds. The molecule has 112 valence electrons. The number of aryl methyl sites for hydroxylation is 2. The van der Waals surface area contributed by atoms with Gasteiger partial charge in [-0.3, -0.25) is 0 Å². The zero-order valence-electron chi connectivity index (χ0n) is 12.4. The van der Waals surface area contributed by atoms with Gasteiger partial charge in [0.25, 0.3) is 0 Å². The first kappa shape index (κ1) is 14.7. The number of nitrogens with one attached hydrogen (secondary N) is 1. The molecule has 4 heteroatoms. The molecule has 1 heterocycles. The van der Waals surface area contributed by atoms with Crippen molar-refractivity contribution in [2.75, 3.05) is 5.32 Å². The Morgan fingerprint density at radius 3 is 2.59 bits per heavy atom. The quantitative estimate of drug-likeness (QED) is 0.714. The Morgan fingerprint density at radius 2 is 1.82 bits per heavy atom. The van der Waals surface area contributed by atoms with Crippen molar-refractivity contribution in [2.45, 2.75) is 20.4 Å². The lowest BCUT2D eigenvalue weighted by Crippen LogP contribution is -2.06. The van der Waals surface area contributed by atoms with Crippen molar-refractivity contribution in [3.8, 4) is 0 Å². The third-order valence-electron chi connectivity index (χ3n) is 3.79. The van der Waals surface area contributed by atoms with Crippen LogP contribution in [0.3, 0.4) is 0 Å². The number of hydrogen-bond donors (Lipinski definition) is 1. The first-order valence-electron chi connectivity index (χ1n) is 7.07. The van der Waals surface area contributed by atoms with Crippen molar-refractivity contribution in [3.63, 3.8) is 0 Å². The van der Waals surface area contributed by atoms with Crippen LogP contribution < -0.4 is 10.9 Å². The van der Waals surface area contributed by atoms with Crippen LogP contribution in [0.1, 0.15) is 16.7 Å². The molecule has 2 aromatic carbocycles. The minimum atomic E-state index is -0.341. The Labute approximate surface area is 133 Å². The summed E-state index contributed by atoms with van der Waals surface area (Å²) in [7, 11) is 0. The van der Waals surface area contributed by atoms with Crippen LogP contribution in [0.15, 0.2) is 51.7 Å². The van der Waals surface area contributed by atoms with E-state index in [4.69, 9.17) is 16.0 Å². The summed E-state index contributed by atoms with van der Waals surface area (Å²) < 4.78 is 5.30. The molecular weight excluding hydrogens is 298 g/mol. The molecule has 0 aliphatic rings. The molecule has 3 rings (SSSR count). The summed E-state index contributed by atoms with van der Waals surface area (Å²) in [6.07, 6.45) is 0. The van der Waals surface area contributed by atoms with Gasteiger partial charge in [0.2, 0.25) is 0 Å². The Bertz CT molecular complexity index is 899. The summed E-state index contributed by atoms with van der Waals surface area (Å²) >= 11 is 6.14. The molecule has 0 fully saturated rings. The molecule has 0 aliphatic heterocycles. The van der Waals surface area contributed by atoms with Crippen LogP contribution in [0, 0.1) is 13.8 Å². The summed E-state index contributed by atoms with van der Waals surface area (Å²) in [5, 5.41) is 4.87. The smallest absolute Gasteiger partial charge is 0.336 e. The summed E-state index contributed by atoms with van der Waals surface area (Å²) in [6.45, 7) is 4.56. The van der Waals surface area contributed by atoms with Gasteiger partial charge in [-0.15, -0.1) is 0 Å². The lowest BCUT2D eigenvalue weighted by atomic mass is 10.0. The molecule has 22 heavy (non-hydrogen) atoms. The molecule has 0 radical (unpaired) electrons. The average Bonchev–Trinajstić information content (AvgIpc) is 2.48.